The Labute approximate surface area is 152 Å². The third kappa shape index (κ3) is 5.19. The quantitative estimate of drug-likeness (QED) is 0.848. The second-order valence-electron chi connectivity index (χ2n) is 8.37. The van der Waals surface area contributed by atoms with Gasteiger partial charge in [-0.1, -0.05) is 19.8 Å². The molecule has 0 aromatic heterocycles. The van der Waals surface area contributed by atoms with Crippen molar-refractivity contribution < 1.29 is 9.59 Å². The molecule has 5 nitrogen and oxygen atoms in total. The van der Waals surface area contributed by atoms with Crippen LogP contribution in [0.5, 0.6) is 0 Å². The number of hydrogen-bond acceptors (Lipinski definition) is 3. The number of nitrogens with one attached hydrogen (secondary N) is 1. The highest BCUT2D eigenvalue weighted by atomic mass is 16.2. The molecule has 2 atom stereocenters. The van der Waals surface area contributed by atoms with Gasteiger partial charge in [0.2, 0.25) is 11.8 Å². The van der Waals surface area contributed by atoms with Crippen molar-refractivity contribution in [2.24, 2.45) is 11.8 Å². The molecular weight excluding hydrogens is 314 g/mol. The number of likely N-dealkylation sites (tertiary alicyclic amines) is 2. The molecule has 0 aromatic carbocycles. The molecule has 0 aromatic rings. The number of carbonyl (C=O) groups excluding carboxylic acids is 2. The lowest BCUT2D eigenvalue weighted by molar-refractivity contribution is -0.138. The summed E-state index contributed by atoms with van der Waals surface area (Å²) in [4.78, 5) is 29.3. The van der Waals surface area contributed by atoms with E-state index in [0.717, 1.165) is 58.3 Å². The summed E-state index contributed by atoms with van der Waals surface area (Å²) in [6.45, 7) is 6.38. The van der Waals surface area contributed by atoms with Crippen LogP contribution < -0.4 is 5.32 Å². The molecule has 1 aliphatic carbocycles. The zero-order valence-electron chi connectivity index (χ0n) is 15.8. The smallest absolute Gasteiger partial charge is 0.234 e. The van der Waals surface area contributed by atoms with E-state index in [1.54, 1.807) is 0 Å². The van der Waals surface area contributed by atoms with Crippen molar-refractivity contribution in [2.75, 3.05) is 32.7 Å². The normalized spacial score (nSPS) is 29.4. The molecule has 0 bridgehead atoms. The first-order chi connectivity index (χ1) is 12.1. The first kappa shape index (κ1) is 18.7. The van der Waals surface area contributed by atoms with Crippen molar-refractivity contribution in [1.82, 2.24) is 15.1 Å². The van der Waals surface area contributed by atoms with Gasteiger partial charge in [0.25, 0.3) is 0 Å². The van der Waals surface area contributed by atoms with E-state index in [-0.39, 0.29) is 11.8 Å². The third-order valence-electron chi connectivity index (χ3n) is 6.43. The Morgan fingerprint density at radius 3 is 2.24 bits per heavy atom. The summed E-state index contributed by atoms with van der Waals surface area (Å²) in [5.41, 5.74) is 0. The van der Waals surface area contributed by atoms with Crippen LogP contribution in [0.1, 0.15) is 64.7 Å². The lowest BCUT2D eigenvalue weighted by atomic mass is 9.86. The Morgan fingerprint density at radius 1 is 0.880 bits per heavy atom. The summed E-state index contributed by atoms with van der Waals surface area (Å²) in [6, 6.07) is 0.361. The minimum Gasteiger partial charge on any atom is -0.352 e. The topological polar surface area (TPSA) is 52.7 Å². The van der Waals surface area contributed by atoms with Gasteiger partial charge in [-0.05, 0) is 64.0 Å². The molecule has 0 spiro atoms. The zero-order chi connectivity index (χ0) is 17.6. The van der Waals surface area contributed by atoms with Crippen LogP contribution in [0.4, 0.5) is 0 Å². The van der Waals surface area contributed by atoms with E-state index in [1.165, 1.54) is 25.7 Å². The molecule has 1 N–H and O–H groups in total. The second-order valence-corrected chi connectivity index (χ2v) is 8.37. The fraction of sp³-hybridized carbons (Fsp3) is 0.900. The van der Waals surface area contributed by atoms with Crippen LogP contribution in [0.3, 0.4) is 0 Å². The summed E-state index contributed by atoms with van der Waals surface area (Å²) >= 11 is 0. The number of nitrogens with zero attached hydrogens (tertiary/aromatic N) is 2. The van der Waals surface area contributed by atoms with E-state index in [1.807, 2.05) is 0 Å². The molecule has 5 heteroatoms. The third-order valence-corrected chi connectivity index (χ3v) is 6.43. The van der Waals surface area contributed by atoms with Crippen molar-refractivity contribution in [3.05, 3.63) is 0 Å². The monoisotopic (exact) mass is 349 g/mol. The van der Waals surface area contributed by atoms with Crippen molar-refractivity contribution in [2.45, 2.75) is 70.8 Å². The first-order valence-corrected chi connectivity index (χ1v) is 10.4. The molecule has 3 fully saturated rings. The minimum atomic E-state index is 0.166. The van der Waals surface area contributed by atoms with E-state index in [0.29, 0.717) is 24.4 Å². The summed E-state index contributed by atoms with van der Waals surface area (Å²) in [7, 11) is 0. The van der Waals surface area contributed by atoms with E-state index in [2.05, 4.69) is 22.0 Å². The van der Waals surface area contributed by atoms with E-state index in [4.69, 9.17) is 0 Å². The lowest BCUT2D eigenvalue weighted by Gasteiger charge is -2.36. The van der Waals surface area contributed by atoms with Crippen molar-refractivity contribution in [1.29, 1.82) is 0 Å². The van der Waals surface area contributed by atoms with Crippen LogP contribution >= 0.6 is 0 Å². The maximum absolute atomic E-state index is 12.6. The van der Waals surface area contributed by atoms with Gasteiger partial charge in [0, 0.05) is 25.0 Å². The Hall–Kier alpha value is -1.10. The largest absolute Gasteiger partial charge is 0.352 e. The molecule has 3 rings (SSSR count). The van der Waals surface area contributed by atoms with Gasteiger partial charge in [0.1, 0.15) is 0 Å². The van der Waals surface area contributed by atoms with Crippen LogP contribution in [-0.4, -0.2) is 60.4 Å². The number of amides is 2. The van der Waals surface area contributed by atoms with Gasteiger partial charge in [-0.3, -0.25) is 14.5 Å². The number of rotatable bonds is 4. The fourth-order valence-corrected chi connectivity index (χ4v) is 4.70. The number of carbonyl (C=O) groups is 2. The molecule has 1 saturated carbocycles. The maximum atomic E-state index is 12.6. The molecular formula is C20H35N3O2. The van der Waals surface area contributed by atoms with Crippen LogP contribution in [0.15, 0.2) is 0 Å². The predicted octanol–water partition coefficient (Wildman–Crippen LogP) is 2.41. The Bertz CT molecular complexity index is 454. The highest BCUT2D eigenvalue weighted by Gasteiger charge is 2.30. The predicted molar refractivity (Wildman–Crippen MR) is 99.2 cm³/mol. The van der Waals surface area contributed by atoms with Crippen LogP contribution in [0, 0.1) is 11.8 Å². The highest BCUT2D eigenvalue weighted by molar-refractivity contribution is 5.79. The van der Waals surface area contributed by atoms with Crippen molar-refractivity contribution >= 4 is 11.8 Å². The van der Waals surface area contributed by atoms with Gasteiger partial charge in [-0.25, -0.2) is 0 Å². The molecule has 2 heterocycles. The zero-order valence-corrected chi connectivity index (χ0v) is 15.8. The minimum absolute atomic E-state index is 0.166. The van der Waals surface area contributed by atoms with E-state index >= 15 is 0 Å². The molecule has 2 saturated heterocycles. The average molecular weight is 350 g/mol. The van der Waals surface area contributed by atoms with Crippen LogP contribution in [0.2, 0.25) is 0 Å². The first-order valence-electron chi connectivity index (χ1n) is 10.4. The maximum Gasteiger partial charge on any atom is 0.234 e. The van der Waals surface area contributed by atoms with Gasteiger partial charge in [-0.2, -0.15) is 0 Å². The SMILES string of the molecule is CC1CCCCC1NC(=O)CN1CCC(C(=O)N2CCCCC2)CC1. The van der Waals surface area contributed by atoms with Gasteiger partial charge in [0.15, 0.2) is 0 Å². The van der Waals surface area contributed by atoms with Gasteiger partial charge >= 0.3 is 0 Å². The van der Waals surface area contributed by atoms with Gasteiger partial charge in [0.05, 0.1) is 6.54 Å². The molecule has 142 valence electrons. The van der Waals surface area contributed by atoms with E-state index in [9.17, 15) is 9.59 Å². The molecule has 2 aliphatic heterocycles. The van der Waals surface area contributed by atoms with Gasteiger partial charge < -0.3 is 10.2 Å². The average Bonchev–Trinajstić information content (AvgIpc) is 2.64. The number of piperidine rings is 2. The standard InChI is InChI=1S/C20H35N3O2/c1-16-7-3-4-8-18(16)21-19(24)15-22-13-9-17(10-14-22)20(25)23-11-5-2-6-12-23/h16-18H,2-15H2,1H3,(H,21,24). The van der Waals surface area contributed by atoms with Crippen molar-refractivity contribution in [3.63, 3.8) is 0 Å². The number of hydrogen-bond donors (Lipinski definition) is 1. The second kappa shape index (κ2) is 9.02. The van der Waals surface area contributed by atoms with Crippen LogP contribution in [0.25, 0.3) is 0 Å². The summed E-state index contributed by atoms with van der Waals surface area (Å²) < 4.78 is 0. The molecule has 0 radical (unpaired) electrons. The summed E-state index contributed by atoms with van der Waals surface area (Å²) in [6.07, 6.45) is 10.3. The summed E-state index contributed by atoms with van der Waals surface area (Å²) in [5.74, 6) is 1.31. The fourth-order valence-electron chi connectivity index (χ4n) is 4.70. The molecule has 2 amide bonds. The highest BCUT2D eigenvalue weighted by Crippen LogP contribution is 2.24. The Kier molecular flexibility index (Phi) is 6.74. The lowest BCUT2D eigenvalue weighted by Crippen LogP contribution is -2.48. The Morgan fingerprint density at radius 2 is 1.56 bits per heavy atom. The molecule has 2 unspecified atom stereocenters. The Balaban J connectivity index is 1.38. The van der Waals surface area contributed by atoms with Crippen molar-refractivity contribution in [3.8, 4) is 0 Å². The van der Waals surface area contributed by atoms with Gasteiger partial charge in [-0.15, -0.1) is 0 Å². The van der Waals surface area contributed by atoms with Crippen LogP contribution in [-0.2, 0) is 9.59 Å². The molecule has 3 aliphatic rings. The van der Waals surface area contributed by atoms with E-state index < -0.39 is 0 Å². The molecule has 25 heavy (non-hydrogen) atoms. The summed E-state index contributed by atoms with van der Waals surface area (Å²) in [5, 5.41) is 3.25.